The second kappa shape index (κ2) is 5.05. The Labute approximate surface area is 107 Å². The lowest BCUT2D eigenvalue weighted by Gasteiger charge is -2.13. The van der Waals surface area contributed by atoms with Gasteiger partial charge >= 0.3 is 5.69 Å². The predicted octanol–water partition coefficient (Wildman–Crippen LogP) is 1.28. The molecule has 94 valence electrons. The Hall–Kier alpha value is -2.08. The summed E-state index contributed by atoms with van der Waals surface area (Å²) >= 11 is 5.89. The summed E-state index contributed by atoms with van der Waals surface area (Å²) in [5.74, 6) is 0.0575. The molecule has 0 bridgehead atoms. The SMILES string of the molecule is CC(Nc1n[nH]c(=O)[nH]c1=O)c1cccc(Cl)c1. The van der Waals surface area contributed by atoms with Crippen LogP contribution in [-0.4, -0.2) is 15.2 Å². The highest BCUT2D eigenvalue weighted by atomic mass is 35.5. The van der Waals surface area contributed by atoms with Crippen molar-refractivity contribution in [2.45, 2.75) is 13.0 Å². The smallest absolute Gasteiger partial charge is 0.342 e. The molecule has 1 atom stereocenters. The molecule has 0 saturated heterocycles. The van der Waals surface area contributed by atoms with Crippen LogP contribution in [0.3, 0.4) is 0 Å². The van der Waals surface area contributed by atoms with Crippen LogP contribution in [0.5, 0.6) is 0 Å². The molecule has 0 aliphatic rings. The molecule has 3 N–H and O–H groups in total. The van der Waals surface area contributed by atoms with Gasteiger partial charge in [-0.05, 0) is 24.6 Å². The fourth-order valence-electron chi connectivity index (χ4n) is 1.51. The summed E-state index contributed by atoms with van der Waals surface area (Å²) in [4.78, 5) is 24.4. The molecule has 1 heterocycles. The molecule has 0 aliphatic carbocycles. The first-order valence-corrected chi connectivity index (χ1v) is 5.65. The molecule has 2 aromatic rings. The van der Waals surface area contributed by atoms with E-state index >= 15 is 0 Å². The van der Waals surface area contributed by atoms with Gasteiger partial charge in [-0.3, -0.25) is 9.78 Å². The van der Waals surface area contributed by atoms with Crippen molar-refractivity contribution in [1.29, 1.82) is 0 Å². The molecule has 0 amide bonds. The topological polar surface area (TPSA) is 90.6 Å². The monoisotopic (exact) mass is 266 g/mol. The van der Waals surface area contributed by atoms with Crippen molar-refractivity contribution < 1.29 is 0 Å². The van der Waals surface area contributed by atoms with Crippen LogP contribution in [-0.2, 0) is 0 Å². The Kier molecular flexibility index (Phi) is 3.47. The van der Waals surface area contributed by atoms with Gasteiger partial charge in [0.2, 0.25) is 5.82 Å². The Morgan fingerprint density at radius 2 is 2.17 bits per heavy atom. The average molecular weight is 267 g/mol. The first-order chi connectivity index (χ1) is 8.56. The van der Waals surface area contributed by atoms with E-state index in [1.165, 1.54) is 0 Å². The van der Waals surface area contributed by atoms with E-state index in [-0.39, 0.29) is 11.9 Å². The van der Waals surface area contributed by atoms with E-state index in [1.807, 2.05) is 19.1 Å². The maximum Gasteiger partial charge on any atom is 0.342 e. The third-order valence-corrected chi connectivity index (χ3v) is 2.65. The molecular weight excluding hydrogens is 256 g/mol. The molecule has 1 unspecified atom stereocenters. The number of aromatic amines is 2. The highest BCUT2D eigenvalue weighted by Gasteiger charge is 2.09. The van der Waals surface area contributed by atoms with Gasteiger partial charge in [0, 0.05) is 5.02 Å². The molecule has 0 radical (unpaired) electrons. The fourth-order valence-corrected chi connectivity index (χ4v) is 1.71. The summed E-state index contributed by atoms with van der Waals surface area (Å²) in [5, 5.41) is 9.31. The van der Waals surface area contributed by atoms with E-state index < -0.39 is 11.2 Å². The van der Waals surface area contributed by atoms with Crippen LogP contribution < -0.4 is 16.6 Å². The van der Waals surface area contributed by atoms with Crippen LogP contribution in [0.1, 0.15) is 18.5 Å². The van der Waals surface area contributed by atoms with Gasteiger partial charge in [0.05, 0.1) is 6.04 Å². The van der Waals surface area contributed by atoms with Crippen LogP contribution in [0.15, 0.2) is 33.9 Å². The standard InChI is InChI=1S/C11H11ClN4O2/c1-6(7-3-2-4-8(12)5-7)13-9-10(17)14-11(18)16-15-9/h2-6H,1H3,(H,13,15)(H2,14,16,17,18). The lowest BCUT2D eigenvalue weighted by molar-refractivity contribution is 0.826. The summed E-state index contributed by atoms with van der Waals surface area (Å²) in [6, 6.07) is 7.09. The van der Waals surface area contributed by atoms with Crippen molar-refractivity contribution in [3.63, 3.8) is 0 Å². The van der Waals surface area contributed by atoms with Crippen LogP contribution >= 0.6 is 11.6 Å². The number of halogens is 1. The van der Waals surface area contributed by atoms with E-state index in [0.29, 0.717) is 5.02 Å². The van der Waals surface area contributed by atoms with E-state index in [2.05, 4.69) is 20.5 Å². The van der Waals surface area contributed by atoms with Gasteiger partial charge in [-0.1, -0.05) is 23.7 Å². The molecule has 2 rings (SSSR count). The largest absolute Gasteiger partial charge is 0.358 e. The minimum Gasteiger partial charge on any atom is -0.358 e. The number of H-pyrrole nitrogens is 2. The van der Waals surface area contributed by atoms with Crippen molar-refractivity contribution in [2.75, 3.05) is 5.32 Å². The highest BCUT2D eigenvalue weighted by molar-refractivity contribution is 6.30. The zero-order chi connectivity index (χ0) is 13.1. The van der Waals surface area contributed by atoms with Gasteiger partial charge in [0.15, 0.2) is 0 Å². The lowest BCUT2D eigenvalue weighted by atomic mass is 10.1. The Balaban J connectivity index is 2.24. The van der Waals surface area contributed by atoms with Gasteiger partial charge in [-0.15, -0.1) is 5.10 Å². The molecule has 0 spiro atoms. The Bertz CT molecular complexity index is 664. The molecular formula is C11H11ClN4O2. The minimum absolute atomic E-state index is 0.0575. The highest BCUT2D eigenvalue weighted by Crippen LogP contribution is 2.19. The van der Waals surface area contributed by atoms with Gasteiger partial charge in [-0.25, -0.2) is 9.89 Å². The molecule has 0 saturated carbocycles. The number of hydrogen-bond donors (Lipinski definition) is 3. The normalized spacial score (nSPS) is 12.1. The second-order valence-corrected chi connectivity index (χ2v) is 4.21. The molecule has 18 heavy (non-hydrogen) atoms. The number of nitrogens with one attached hydrogen (secondary N) is 3. The van der Waals surface area contributed by atoms with Crippen molar-refractivity contribution in [3.05, 3.63) is 55.7 Å². The molecule has 1 aromatic heterocycles. The van der Waals surface area contributed by atoms with Crippen LogP contribution in [0.25, 0.3) is 0 Å². The number of aromatic nitrogens is 3. The Morgan fingerprint density at radius 1 is 1.39 bits per heavy atom. The summed E-state index contributed by atoms with van der Waals surface area (Å²) in [5.41, 5.74) is -0.288. The van der Waals surface area contributed by atoms with Crippen molar-refractivity contribution >= 4 is 17.4 Å². The van der Waals surface area contributed by atoms with Gasteiger partial charge in [0.1, 0.15) is 0 Å². The van der Waals surface area contributed by atoms with Crippen molar-refractivity contribution in [2.24, 2.45) is 0 Å². The Morgan fingerprint density at radius 3 is 2.83 bits per heavy atom. The molecule has 0 fully saturated rings. The number of anilines is 1. The van der Waals surface area contributed by atoms with Crippen molar-refractivity contribution in [3.8, 4) is 0 Å². The number of hydrogen-bond acceptors (Lipinski definition) is 4. The summed E-state index contributed by atoms with van der Waals surface area (Å²) < 4.78 is 0. The predicted molar refractivity (Wildman–Crippen MR) is 69.0 cm³/mol. The quantitative estimate of drug-likeness (QED) is 0.781. The number of benzene rings is 1. The average Bonchev–Trinajstić information content (AvgIpc) is 2.32. The maximum atomic E-state index is 11.4. The zero-order valence-corrected chi connectivity index (χ0v) is 10.3. The first kappa shape index (κ1) is 12.4. The summed E-state index contributed by atoms with van der Waals surface area (Å²) in [7, 11) is 0. The minimum atomic E-state index is -0.638. The molecule has 0 aliphatic heterocycles. The van der Waals surface area contributed by atoms with Crippen molar-refractivity contribution in [1.82, 2.24) is 15.2 Å². The third-order valence-electron chi connectivity index (χ3n) is 2.41. The van der Waals surface area contributed by atoms with E-state index in [1.54, 1.807) is 12.1 Å². The fraction of sp³-hybridized carbons (Fsp3) is 0.182. The number of rotatable bonds is 3. The van der Waals surface area contributed by atoms with E-state index in [9.17, 15) is 9.59 Å². The van der Waals surface area contributed by atoms with Gasteiger partial charge in [0.25, 0.3) is 5.56 Å². The van der Waals surface area contributed by atoms with Gasteiger partial charge < -0.3 is 5.32 Å². The maximum absolute atomic E-state index is 11.4. The van der Waals surface area contributed by atoms with Gasteiger partial charge in [-0.2, -0.15) is 0 Å². The van der Waals surface area contributed by atoms with E-state index in [4.69, 9.17) is 11.6 Å². The number of nitrogens with zero attached hydrogens (tertiary/aromatic N) is 1. The zero-order valence-electron chi connectivity index (χ0n) is 9.53. The third kappa shape index (κ3) is 2.78. The summed E-state index contributed by atoms with van der Waals surface area (Å²) in [6.07, 6.45) is 0. The second-order valence-electron chi connectivity index (χ2n) is 3.78. The lowest BCUT2D eigenvalue weighted by Crippen LogP contribution is -2.27. The van der Waals surface area contributed by atoms with Crippen LogP contribution in [0, 0.1) is 0 Å². The van der Waals surface area contributed by atoms with E-state index in [0.717, 1.165) is 5.56 Å². The molecule has 7 heteroatoms. The first-order valence-electron chi connectivity index (χ1n) is 5.27. The molecule has 6 nitrogen and oxygen atoms in total. The van der Waals surface area contributed by atoms with Crippen LogP contribution in [0.4, 0.5) is 5.82 Å². The summed E-state index contributed by atoms with van der Waals surface area (Å²) in [6.45, 7) is 1.86. The molecule has 1 aromatic carbocycles. The van der Waals surface area contributed by atoms with Crippen LogP contribution in [0.2, 0.25) is 5.02 Å².